The fraction of sp³-hybridized carbons (Fsp3) is 0.250. The van der Waals surface area contributed by atoms with Crippen LogP contribution in [0.4, 0.5) is 0 Å². The summed E-state index contributed by atoms with van der Waals surface area (Å²) in [6.45, 7) is 0.0997. The molecule has 0 atom stereocenters. The van der Waals surface area contributed by atoms with Crippen LogP contribution in [-0.4, -0.2) is 32.1 Å². The Kier molecular flexibility index (Phi) is 5.03. The Hall–Kier alpha value is -2.01. The largest absolute Gasteiger partial charge is 0.493 e. The second-order valence-corrected chi connectivity index (χ2v) is 3.13. The zero-order chi connectivity index (χ0) is 12.7. The number of benzene rings is 1. The number of carbonyl (C=O) groups is 1. The fourth-order valence-electron chi connectivity index (χ4n) is 1.20. The third kappa shape index (κ3) is 4.16. The van der Waals surface area contributed by atoms with E-state index in [4.69, 9.17) is 19.3 Å². The third-order valence-corrected chi connectivity index (χ3v) is 1.94. The van der Waals surface area contributed by atoms with E-state index in [9.17, 15) is 4.79 Å². The molecule has 0 radical (unpaired) electrons. The number of ether oxygens (including phenoxy) is 3. The highest BCUT2D eigenvalue weighted by molar-refractivity contribution is 5.85. The summed E-state index contributed by atoms with van der Waals surface area (Å²) >= 11 is 0. The summed E-state index contributed by atoms with van der Waals surface area (Å²) in [6, 6.07) is 5.11. The lowest BCUT2D eigenvalue weighted by molar-refractivity contribution is -0.131. The monoisotopic (exact) mass is 238 g/mol. The lowest BCUT2D eigenvalue weighted by Crippen LogP contribution is -2.00. The van der Waals surface area contributed by atoms with Gasteiger partial charge >= 0.3 is 5.97 Å². The van der Waals surface area contributed by atoms with E-state index in [-0.39, 0.29) is 6.79 Å². The minimum Gasteiger partial charge on any atom is -0.493 e. The van der Waals surface area contributed by atoms with Crippen molar-refractivity contribution in [2.75, 3.05) is 21.0 Å². The molecule has 17 heavy (non-hydrogen) atoms. The van der Waals surface area contributed by atoms with Crippen molar-refractivity contribution < 1.29 is 24.1 Å². The topological polar surface area (TPSA) is 65.0 Å². The van der Waals surface area contributed by atoms with Gasteiger partial charge in [0, 0.05) is 13.2 Å². The Morgan fingerprint density at radius 1 is 1.35 bits per heavy atom. The van der Waals surface area contributed by atoms with E-state index < -0.39 is 5.97 Å². The molecule has 0 amide bonds. The first-order chi connectivity index (χ1) is 8.17. The van der Waals surface area contributed by atoms with Gasteiger partial charge < -0.3 is 19.3 Å². The van der Waals surface area contributed by atoms with Gasteiger partial charge in [0.15, 0.2) is 18.3 Å². The van der Waals surface area contributed by atoms with Crippen molar-refractivity contribution >= 4 is 12.0 Å². The zero-order valence-electron chi connectivity index (χ0n) is 9.67. The van der Waals surface area contributed by atoms with Gasteiger partial charge in [-0.1, -0.05) is 6.07 Å². The Morgan fingerprint density at radius 3 is 2.71 bits per heavy atom. The summed E-state index contributed by atoms with van der Waals surface area (Å²) in [5.74, 6) is 0.0663. The van der Waals surface area contributed by atoms with Crippen molar-refractivity contribution in [3.63, 3.8) is 0 Å². The molecule has 0 aliphatic carbocycles. The quantitative estimate of drug-likeness (QED) is 0.604. The van der Waals surface area contributed by atoms with Crippen LogP contribution < -0.4 is 9.47 Å². The molecule has 1 N–H and O–H groups in total. The van der Waals surface area contributed by atoms with Gasteiger partial charge in [-0.15, -0.1) is 0 Å². The molecule has 1 rings (SSSR count). The molecule has 0 fully saturated rings. The van der Waals surface area contributed by atoms with E-state index in [0.717, 1.165) is 6.08 Å². The Balaban J connectivity index is 2.91. The molecule has 0 aliphatic rings. The molecular weight excluding hydrogens is 224 g/mol. The van der Waals surface area contributed by atoms with E-state index in [1.165, 1.54) is 20.3 Å². The summed E-state index contributed by atoms with van der Waals surface area (Å²) in [6.07, 6.45) is 2.53. The molecule has 0 aliphatic heterocycles. The van der Waals surface area contributed by atoms with E-state index >= 15 is 0 Å². The standard InChI is InChI=1S/C12H14O5/c1-15-8-17-11-7-9(4-6-12(13)14)3-5-10(11)16-2/h3-7H,8H2,1-2H3,(H,13,14)/b6-4+. The third-order valence-electron chi connectivity index (χ3n) is 1.94. The predicted octanol–water partition coefficient (Wildman–Crippen LogP) is 1.78. The SMILES string of the molecule is COCOc1cc(/C=C/C(=O)O)ccc1OC. The molecule has 1 aromatic rings. The number of carboxylic acid groups (broad SMARTS) is 1. The number of hydrogen-bond donors (Lipinski definition) is 1. The van der Waals surface area contributed by atoms with Crippen LogP contribution in [-0.2, 0) is 9.53 Å². The molecule has 1 aromatic carbocycles. The summed E-state index contributed by atoms with van der Waals surface area (Å²) in [5.41, 5.74) is 0.708. The van der Waals surface area contributed by atoms with Gasteiger partial charge in [-0.3, -0.25) is 0 Å². The van der Waals surface area contributed by atoms with Crippen molar-refractivity contribution in [2.24, 2.45) is 0 Å². The van der Waals surface area contributed by atoms with Crippen LogP contribution >= 0.6 is 0 Å². The van der Waals surface area contributed by atoms with Crippen LogP contribution in [0, 0.1) is 0 Å². The minimum atomic E-state index is -1.000. The van der Waals surface area contributed by atoms with Crippen LogP contribution in [0.25, 0.3) is 6.08 Å². The highest BCUT2D eigenvalue weighted by atomic mass is 16.7. The Bertz CT molecular complexity index is 411. The van der Waals surface area contributed by atoms with E-state index in [1.54, 1.807) is 18.2 Å². The van der Waals surface area contributed by atoms with E-state index in [0.29, 0.717) is 17.1 Å². The molecule has 0 spiro atoms. The Morgan fingerprint density at radius 2 is 2.12 bits per heavy atom. The Labute approximate surface area is 99.2 Å². The van der Waals surface area contributed by atoms with Gasteiger partial charge in [-0.25, -0.2) is 4.79 Å². The van der Waals surface area contributed by atoms with Crippen molar-refractivity contribution in [3.05, 3.63) is 29.8 Å². The van der Waals surface area contributed by atoms with Gasteiger partial charge in [0.05, 0.1) is 7.11 Å². The number of rotatable bonds is 6. The van der Waals surface area contributed by atoms with Crippen molar-refractivity contribution in [1.29, 1.82) is 0 Å². The van der Waals surface area contributed by atoms with Gasteiger partial charge in [-0.05, 0) is 23.8 Å². The van der Waals surface area contributed by atoms with Crippen LogP contribution in [0.15, 0.2) is 24.3 Å². The first-order valence-corrected chi connectivity index (χ1v) is 4.88. The van der Waals surface area contributed by atoms with Crippen molar-refractivity contribution in [2.45, 2.75) is 0 Å². The summed E-state index contributed by atoms with van der Waals surface area (Å²) < 4.78 is 15.2. The number of methoxy groups -OCH3 is 2. The average Bonchev–Trinajstić information content (AvgIpc) is 2.33. The molecular formula is C12H14O5. The highest BCUT2D eigenvalue weighted by Gasteiger charge is 2.04. The molecule has 5 heteroatoms. The maximum atomic E-state index is 10.4. The highest BCUT2D eigenvalue weighted by Crippen LogP contribution is 2.28. The number of carboxylic acids is 1. The molecule has 0 heterocycles. The first kappa shape index (κ1) is 13.1. The van der Waals surface area contributed by atoms with Gasteiger partial charge in [0.25, 0.3) is 0 Å². The van der Waals surface area contributed by atoms with Gasteiger partial charge in [0.2, 0.25) is 0 Å². The van der Waals surface area contributed by atoms with Crippen LogP contribution in [0.2, 0.25) is 0 Å². The number of hydrogen-bond acceptors (Lipinski definition) is 4. The number of aliphatic carboxylic acids is 1. The van der Waals surface area contributed by atoms with Crippen LogP contribution in [0.3, 0.4) is 0 Å². The molecule has 92 valence electrons. The zero-order valence-corrected chi connectivity index (χ0v) is 9.67. The predicted molar refractivity (Wildman–Crippen MR) is 62.2 cm³/mol. The minimum absolute atomic E-state index is 0.0997. The van der Waals surface area contributed by atoms with Crippen molar-refractivity contribution in [1.82, 2.24) is 0 Å². The molecule has 0 saturated heterocycles. The van der Waals surface area contributed by atoms with Gasteiger partial charge in [-0.2, -0.15) is 0 Å². The summed E-state index contributed by atoms with van der Waals surface area (Å²) in [5, 5.41) is 8.52. The molecule has 5 nitrogen and oxygen atoms in total. The van der Waals surface area contributed by atoms with Crippen LogP contribution in [0.1, 0.15) is 5.56 Å². The molecule has 0 unspecified atom stereocenters. The normalized spacial score (nSPS) is 10.5. The van der Waals surface area contributed by atoms with E-state index in [2.05, 4.69) is 0 Å². The smallest absolute Gasteiger partial charge is 0.328 e. The second-order valence-electron chi connectivity index (χ2n) is 3.13. The summed E-state index contributed by atoms with van der Waals surface area (Å²) in [7, 11) is 3.04. The molecule has 0 bridgehead atoms. The molecule has 0 aromatic heterocycles. The molecule has 0 saturated carbocycles. The lowest BCUT2D eigenvalue weighted by atomic mass is 10.2. The van der Waals surface area contributed by atoms with Crippen molar-refractivity contribution in [3.8, 4) is 11.5 Å². The first-order valence-electron chi connectivity index (χ1n) is 4.88. The summed E-state index contributed by atoms with van der Waals surface area (Å²) in [4.78, 5) is 10.4. The second kappa shape index (κ2) is 6.55. The van der Waals surface area contributed by atoms with Gasteiger partial charge in [0.1, 0.15) is 0 Å². The maximum Gasteiger partial charge on any atom is 0.328 e. The maximum absolute atomic E-state index is 10.4. The average molecular weight is 238 g/mol. The fourth-order valence-corrected chi connectivity index (χ4v) is 1.20. The van der Waals surface area contributed by atoms with Crippen LogP contribution in [0.5, 0.6) is 11.5 Å². The lowest BCUT2D eigenvalue weighted by Gasteiger charge is -2.10. The van der Waals surface area contributed by atoms with E-state index in [1.807, 2.05) is 0 Å².